The minimum Gasteiger partial charge on any atom is -0.460 e. The highest BCUT2D eigenvalue weighted by molar-refractivity contribution is 5.98. The molecule has 1 aromatic carbocycles. The van der Waals surface area contributed by atoms with Crippen molar-refractivity contribution in [1.82, 2.24) is 0 Å². The molecule has 1 aliphatic heterocycles. The highest BCUT2D eigenvalue weighted by atomic mass is 16.7. The largest absolute Gasteiger partial charge is 0.460 e. The molecule has 0 bridgehead atoms. The maximum absolute atomic E-state index is 12.3. The zero-order valence-electron chi connectivity index (χ0n) is 17.6. The summed E-state index contributed by atoms with van der Waals surface area (Å²) in [5.74, 6) is 0.898. The lowest BCUT2D eigenvalue weighted by Crippen LogP contribution is -2.36. The number of carbonyl (C=O) groups excluding carboxylic acids is 2. The Bertz CT molecular complexity index is 869. The minimum absolute atomic E-state index is 0.134. The van der Waals surface area contributed by atoms with Crippen LogP contribution in [0.5, 0.6) is 11.5 Å². The Hall–Kier alpha value is -3.01. The van der Waals surface area contributed by atoms with Crippen LogP contribution in [0.15, 0.2) is 23.8 Å². The lowest BCUT2D eigenvalue weighted by Gasteiger charge is -2.36. The molecule has 0 amide bonds. The van der Waals surface area contributed by atoms with E-state index in [4.69, 9.17) is 18.9 Å². The van der Waals surface area contributed by atoms with Gasteiger partial charge in [-0.1, -0.05) is 33.3 Å². The lowest BCUT2D eigenvalue weighted by atomic mass is 9.75. The Morgan fingerprint density at radius 1 is 1.27 bits per heavy atom. The van der Waals surface area contributed by atoms with Crippen LogP contribution in [-0.2, 0) is 19.1 Å². The van der Waals surface area contributed by atoms with Gasteiger partial charge in [0.25, 0.3) is 0 Å². The number of rotatable bonds is 6. The summed E-state index contributed by atoms with van der Waals surface area (Å²) in [5.41, 5.74) is 0.374. The van der Waals surface area contributed by atoms with Crippen molar-refractivity contribution in [2.24, 2.45) is 17.8 Å². The van der Waals surface area contributed by atoms with Crippen molar-refractivity contribution in [3.8, 4) is 17.6 Å². The second-order valence-corrected chi connectivity index (χ2v) is 8.21. The Kier molecular flexibility index (Phi) is 6.99. The molecule has 0 saturated heterocycles. The SMILES string of the molecule is CC1CCC(C(C)C)C(OC(=O)COC(=O)/C(C#N)=C\c2ccc3c(c2)OCO3)C1. The van der Waals surface area contributed by atoms with Crippen LogP contribution in [0.1, 0.15) is 45.6 Å². The highest BCUT2D eigenvalue weighted by Gasteiger charge is 2.33. The molecule has 0 N–H and O–H groups in total. The van der Waals surface area contributed by atoms with Gasteiger partial charge in [0.05, 0.1) is 0 Å². The van der Waals surface area contributed by atoms with Crippen LogP contribution in [0.2, 0.25) is 0 Å². The average Bonchev–Trinajstić information content (AvgIpc) is 3.18. The van der Waals surface area contributed by atoms with Gasteiger partial charge in [-0.3, -0.25) is 0 Å². The molecule has 1 aromatic rings. The van der Waals surface area contributed by atoms with Crippen molar-refractivity contribution in [2.75, 3.05) is 13.4 Å². The zero-order valence-corrected chi connectivity index (χ0v) is 17.6. The van der Waals surface area contributed by atoms with Crippen LogP contribution >= 0.6 is 0 Å². The topological polar surface area (TPSA) is 94.9 Å². The van der Waals surface area contributed by atoms with E-state index in [1.807, 2.05) is 6.07 Å². The molecule has 1 heterocycles. The van der Waals surface area contributed by atoms with E-state index in [9.17, 15) is 14.9 Å². The number of nitriles is 1. The molecular weight excluding hydrogens is 386 g/mol. The molecule has 1 saturated carbocycles. The maximum Gasteiger partial charge on any atom is 0.349 e. The van der Waals surface area contributed by atoms with Gasteiger partial charge in [0, 0.05) is 0 Å². The van der Waals surface area contributed by atoms with E-state index in [-0.39, 0.29) is 18.5 Å². The fourth-order valence-electron chi connectivity index (χ4n) is 3.96. The molecule has 0 spiro atoms. The second kappa shape index (κ2) is 9.66. The van der Waals surface area contributed by atoms with Crippen molar-refractivity contribution in [2.45, 2.75) is 46.1 Å². The number of nitrogens with zero attached hydrogens (tertiary/aromatic N) is 1. The number of ether oxygens (including phenoxy) is 4. The number of fused-ring (bicyclic) bond motifs is 1. The van der Waals surface area contributed by atoms with Crippen LogP contribution < -0.4 is 9.47 Å². The minimum atomic E-state index is -0.871. The molecule has 3 rings (SSSR count). The maximum atomic E-state index is 12.3. The summed E-state index contributed by atoms with van der Waals surface area (Å²) in [6.07, 6.45) is 4.18. The first-order valence-corrected chi connectivity index (χ1v) is 10.3. The van der Waals surface area contributed by atoms with Crippen molar-refractivity contribution in [1.29, 1.82) is 5.26 Å². The monoisotopic (exact) mass is 413 g/mol. The van der Waals surface area contributed by atoms with E-state index in [1.165, 1.54) is 6.08 Å². The van der Waals surface area contributed by atoms with Crippen molar-refractivity contribution in [3.05, 3.63) is 29.3 Å². The smallest absolute Gasteiger partial charge is 0.349 e. The van der Waals surface area contributed by atoms with Crippen LogP contribution in [0.3, 0.4) is 0 Å². The van der Waals surface area contributed by atoms with E-state index in [0.717, 1.165) is 19.3 Å². The summed E-state index contributed by atoms with van der Waals surface area (Å²) in [5, 5.41) is 9.31. The molecule has 2 aliphatic rings. The van der Waals surface area contributed by atoms with Gasteiger partial charge in [0.15, 0.2) is 18.1 Å². The first-order valence-electron chi connectivity index (χ1n) is 10.3. The standard InChI is InChI=1S/C23H27NO6/c1-14(2)18-6-4-15(3)8-20(18)30-22(25)12-27-23(26)17(11-24)9-16-5-7-19-21(10-16)29-13-28-19/h5,7,9-10,14-15,18,20H,4,6,8,12-13H2,1-3H3/b17-9-. The number of hydrogen-bond donors (Lipinski definition) is 0. The third-order valence-corrected chi connectivity index (χ3v) is 5.61. The molecule has 1 aliphatic carbocycles. The Labute approximate surface area is 176 Å². The Balaban J connectivity index is 1.57. The molecule has 160 valence electrons. The van der Waals surface area contributed by atoms with Crippen LogP contribution in [0.4, 0.5) is 0 Å². The predicted octanol–water partition coefficient (Wildman–Crippen LogP) is 3.87. The Morgan fingerprint density at radius 2 is 2.03 bits per heavy atom. The summed E-state index contributed by atoms with van der Waals surface area (Å²) < 4.78 is 21.2. The summed E-state index contributed by atoms with van der Waals surface area (Å²) in [7, 11) is 0. The van der Waals surface area contributed by atoms with E-state index in [2.05, 4.69) is 20.8 Å². The molecule has 7 heteroatoms. The van der Waals surface area contributed by atoms with Gasteiger partial charge in [-0.05, 0) is 54.4 Å². The van der Waals surface area contributed by atoms with Crippen LogP contribution in [0, 0.1) is 29.1 Å². The van der Waals surface area contributed by atoms with Gasteiger partial charge in [-0.15, -0.1) is 0 Å². The van der Waals surface area contributed by atoms with E-state index >= 15 is 0 Å². The van der Waals surface area contributed by atoms with Crippen molar-refractivity contribution < 1.29 is 28.5 Å². The van der Waals surface area contributed by atoms with Gasteiger partial charge >= 0.3 is 11.9 Å². The first-order chi connectivity index (χ1) is 14.4. The molecule has 3 unspecified atom stereocenters. The summed E-state index contributed by atoms with van der Waals surface area (Å²) in [6.45, 7) is 6.02. The lowest BCUT2D eigenvalue weighted by molar-refractivity contribution is -0.165. The molecular formula is C23H27NO6. The van der Waals surface area contributed by atoms with Gasteiger partial charge in [0.1, 0.15) is 17.7 Å². The zero-order chi connectivity index (χ0) is 21.7. The van der Waals surface area contributed by atoms with Gasteiger partial charge in [-0.2, -0.15) is 5.26 Å². The van der Waals surface area contributed by atoms with E-state index in [0.29, 0.717) is 34.8 Å². The third kappa shape index (κ3) is 5.32. The fraction of sp³-hybridized carbons (Fsp3) is 0.522. The van der Waals surface area contributed by atoms with Crippen molar-refractivity contribution in [3.63, 3.8) is 0 Å². The van der Waals surface area contributed by atoms with Gasteiger partial charge in [-0.25, -0.2) is 9.59 Å². The van der Waals surface area contributed by atoms with Gasteiger partial charge in [0.2, 0.25) is 6.79 Å². The number of esters is 2. The molecule has 0 radical (unpaired) electrons. The molecule has 30 heavy (non-hydrogen) atoms. The summed E-state index contributed by atoms with van der Waals surface area (Å²) >= 11 is 0. The predicted molar refractivity (Wildman–Crippen MR) is 108 cm³/mol. The average molecular weight is 413 g/mol. The number of benzene rings is 1. The third-order valence-electron chi connectivity index (χ3n) is 5.61. The van der Waals surface area contributed by atoms with Crippen LogP contribution in [0.25, 0.3) is 6.08 Å². The van der Waals surface area contributed by atoms with Gasteiger partial charge < -0.3 is 18.9 Å². The molecule has 1 fully saturated rings. The number of carbonyl (C=O) groups is 2. The van der Waals surface area contributed by atoms with Crippen molar-refractivity contribution >= 4 is 18.0 Å². The van der Waals surface area contributed by atoms with Crippen LogP contribution in [-0.4, -0.2) is 31.4 Å². The Morgan fingerprint density at radius 3 is 2.77 bits per heavy atom. The quantitative estimate of drug-likeness (QED) is 0.397. The molecule has 0 aromatic heterocycles. The first kappa shape index (κ1) is 21.7. The summed E-state index contributed by atoms with van der Waals surface area (Å²) in [4.78, 5) is 24.5. The molecule has 3 atom stereocenters. The fourth-order valence-corrected chi connectivity index (χ4v) is 3.96. The second-order valence-electron chi connectivity index (χ2n) is 8.21. The summed E-state index contributed by atoms with van der Waals surface area (Å²) in [6, 6.07) is 6.87. The van der Waals surface area contributed by atoms with E-state index < -0.39 is 18.5 Å². The normalized spacial score (nSPS) is 23.0. The highest BCUT2D eigenvalue weighted by Crippen LogP contribution is 2.35. The number of hydrogen-bond acceptors (Lipinski definition) is 7. The van der Waals surface area contributed by atoms with E-state index in [1.54, 1.807) is 18.2 Å². The molecule has 7 nitrogen and oxygen atoms in total.